The van der Waals surface area contributed by atoms with Crippen molar-refractivity contribution in [3.05, 3.63) is 46.4 Å². The third-order valence-electron chi connectivity index (χ3n) is 5.54. The third kappa shape index (κ3) is 4.71. The van der Waals surface area contributed by atoms with Gasteiger partial charge in [0.25, 0.3) is 5.91 Å². The molecule has 0 spiro atoms. The first-order valence-corrected chi connectivity index (χ1v) is 12.0. The Hall–Kier alpha value is -2.55. The first-order valence-electron chi connectivity index (χ1n) is 10.3. The Labute approximate surface area is 182 Å². The quantitative estimate of drug-likeness (QED) is 0.648. The van der Waals surface area contributed by atoms with Crippen molar-refractivity contribution in [2.24, 2.45) is 0 Å². The topological polar surface area (TPSA) is 89.3 Å². The number of halogens is 1. The number of likely N-dealkylation sites (N-methyl/N-ethyl adjacent to an activating group) is 1. The second-order valence-electron chi connectivity index (χ2n) is 8.66. The second kappa shape index (κ2) is 8.53. The maximum atomic E-state index is 14.1. The molecule has 2 heterocycles. The molecule has 2 aromatic rings. The molecular formula is C22H28FN3O4S. The van der Waals surface area contributed by atoms with Gasteiger partial charge in [0, 0.05) is 26.1 Å². The highest BCUT2D eigenvalue weighted by Crippen LogP contribution is 2.30. The second-order valence-corrected chi connectivity index (χ2v) is 10.6. The van der Waals surface area contributed by atoms with E-state index < -0.39 is 21.4 Å². The van der Waals surface area contributed by atoms with Crippen LogP contribution in [0, 0.1) is 5.82 Å². The maximum Gasteiger partial charge on any atom is 0.271 e. The zero-order valence-electron chi connectivity index (χ0n) is 18.5. The van der Waals surface area contributed by atoms with E-state index in [9.17, 15) is 22.4 Å². The molecule has 0 N–H and O–H groups in total. The standard InChI is InChI=1S/C22H28FN3O4S/c1-13(2)17-8-15(23)9-18(14(3)4)19(17)10-16(27)12-31(29,30)21-11-20-22(28)25(5)6-7-26(20)24-21/h8-9,11,13-14H,6-7,10,12H2,1-5H3. The Morgan fingerprint density at radius 2 is 1.68 bits per heavy atom. The van der Waals surface area contributed by atoms with Crippen LogP contribution in [0.1, 0.15) is 66.7 Å². The Morgan fingerprint density at radius 3 is 2.23 bits per heavy atom. The number of aromatic nitrogens is 2. The van der Waals surface area contributed by atoms with Crippen LogP contribution in [0.5, 0.6) is 0 Å². The van der Waals surface area contributed by atoms with Gasteiger partial charge in [0.05, 0.1) is 6.54 Å². The van der Waals surface area contributed by atoms with E-state index in [0.717, 1.165) is 0 Å². The number of ketones is 1. The molecule has 0 fully saturated rings. The lowest BCUT2D eigenvalue weighted by Crippen LogP contribution is -2.37. The van der Waals surface area contributed by atoms with Crippen molar-refractivity contribution in [1.29, 1.82) is 0 Å². The van der Waals surface area contributed by atoms with Gasteiger partial charge in [-0.2, -0.15) is 5.10 Å². The molecule has 0 aliphatic carbocycles. The summed E-state index contributed by atoms with van der Waals surface area (Å²) in [6, 6.07) is 4.07. The number of fused-ring (bicyclic) bond motifs is 1. The van der Waals surface area contributed by atoms with Crippen molar-refractivity contribution in [3.63, 3.8) is 0 Å². The van der Waals surface area contributed by atoms with Crippen molar-refractivity contribution in [1.82, 2.24) is 14.7 Å². The van der Waals surface area contributed by atoms with Crippen LogP contribution in [0.4, 0.5) is 4.39 Å². The largest absolute Gasteiger partial charge is 0.339 e. The number of nitrogens with zero attached hydrogens (tertiary/aromatic N) is 3. The summed E-state index contributed by atoms with van der Waals surface area (Å²) in [7, 11) is -2.38. The van der Waals surface area contributed by atoms with Crippen LogP contribution in [0.3, 0.4) is 0 Å². The van der Waals surface area contributed by atoms with Gasteiger partial charge in [-0.25, -0.2) is 12.8 Å². The normalized spacial score (nSPS) is 14.5. The van der Waals surface area contributed by atoms with Crippen LogP contribution in [0.15, 0.2) is 23.2 Å². The van der Waals surface area contributed by atoms with Gasteiger partial charge in [-0.15, -0.1) is 0 Å². The summed E-state index contributed by atoms with van der Waals surface area (Å²) in [5, 5.41) is 3.78. The molecule has 1 aliphatic rings. The number of rotatable bonds is 7. The molecule has 168 valence electrons. The van der Waals surface area contributed by atoms with E-state index in [0.29, 0.717) is 29.8 Å². The molecule has 1 amide bonds. The molecule has 0 unspecified atom stereocenters. The number of hydrogen-bond donors (Lipinski definition) is 0. The highest BCUT2D eigenvalue weighted by Gasteiger charge is 2.30. The minimum Gasteiger partial charge on any atom is -0.339 e. The number of benzene rings is 1. The SMILES string of the molecule is CC(C)c1cc(F)cc(C(C)C)c1CC(=O)CS(=O)(=O)c1cc2n(n1)CCN(C)C2=O. The molecule has 0 bridgehead atoms. The molecule has 1 aromatic carbocycles. The van der Waals surface area contributed by atoms with Gasteiger partial charge >= 0.3 is 0 Å². The summed E-state index contributed by atoms with van der Waals surface area (Å²) in [6.45, 7) is 8.47. The van der Waals surface area contributed by atoms with E-state index in [-0.39, 0.29) is 40.7 Å². The summed E-state index contributed by atoms with van der Waals surface area (Å²) in [5.74, 6) is -1.92. The molecular weight excluding hydrogens is 421 g/mol. The van der Waals surface area contributed by atoms with E-state index in [4.69, 9.17) is 0 Å². The Balaban J connectivity index is 1.88. The van der Waals surface area contributed by atoms with E-state index in [1.165, 1.54) is 27.8 Å². The van der Waals surface area contributed by atoms with Crippen molar-refractivity contribution < 1.29 is 22.4 Å². The number of amides is 1. The van der Waals surface area contributed by atoms with Crippen LogP contribution in [-0.2, 0) is 27.6 Å². The fourth-order valence-corrected chi connectivity index (χ4v) is 5.07. The monoisotopic (exact) mass is 449 g/mol. The fourth-order valence-electron chi connectivity index (χ4n) is 3.88. The predicted molar refractivity (Wildman–Crippen MR) is 115 cm³/mol. The molecule has 7 nitrogen and oxygen atoms in total. The van der Waals surface area contributed by atoms with Gasteiger partial charge < -0.3 is 4.90 Å². The summed E-state index contributed by atoms with van der Waals surface area (Å²) in [5.41, 5.74) is 2.30. The lowest BCUT2D eigenvalue weighted by atomic mass is 9.86. The minimum atomic E-state index is -4.02. The van der Waals surface area contributed by atoms with Gasteiger partial charge in [-0.05, 0) is 40.7 Å². The molecule has 1 aromatic heterocycles. The summed E-state index contributed by atoms with van der Waals surface area (Å²) in [6.07, 6.45) is -0.101. The van der Waals surface area contributed by atoms with E-state index >= 15 is 0 Å². The number of sulfone groups is 1. The van der Waals surface area contributed by atoms with Crippen LogP contribution < -0.4 is 0 Å². The van der Waals surface area contributed by atoms with Crippen molar-refractivity contribution in [2.45, 2.75) is 57.5 Å². The molecule has 31 heavy (non-hydrogen) atoms. The lowest BCUT2D eigenvalue weighted by Gasteiger charge is -2.22. The summed E-state index contributed by atoms with van der Waals surface area (Å²) in [4.78, 5) is 26.5. The maximum absolute atomic E-state index is 14.1. The van der Waals surface area contributed by atoms with Crippen LogP contribution >= 0.6 is 0 Å². The Kier molecular flexibility index (Phi) is 6.36. The van der Waals surface area contributed by atoms with Crippen molar-refractivity contribution >= 4 is 21.5 Å². The van der Waals surface area contributed by atoms with Gasteiger partial charge in [0.2, 0.25) is 9.84 Å². The van der Waals surface area contributed by atoms with Gasteiger partial charge in [-0.1, -0.05) is 27.7 Å². The van der Waals surface area contributed by atoms with Gasteiger partial charge in [0.1, 0.15) is 17.3 Å². The van der Waals surface area contributed by atoms with Crippen molar-refractivity contribution in [2.75, 3.05) is 19.3 Å². The van der Waals surface area contributed by atoms with E-state index in [1.807, 2.05) is 27.7 Å². The molecule has 0 saturated heterocycles. The van der Waals surface area contributed by atoms with Gasteiger partial charge in [-0.3, -0.25) is 14.3 Å². The van der Waals surface area contributed by atoms with Crippen LogP contribution in [0.2, 0.25) is 0 Å². The highest BCUT2D eigenvalue weighted by atomic mass is 32.2. The lowest BCUT2D eigenvalue weighted by molar-refractivity contribution is -0.116. The summed E-state index contributed by atoms with van der Waals surface area (Å²) < 4.78 is 41.2. The van der Waals surface area contributed by atoms with Crippen LogP contribution in [-0.4, -0.2) is 54.1 Å². The number of hydrogen-bond acceptors (Lipinski definition) is 5. The number of carbonyl (C=O) groups is 2. The molecule has 0 radical (unpaired) electrons. The molecule has 3 rings (SSSR count). The molecule has 9 heteroatoms. The van der Waals surface area contributed by atoms with E-state index in [1.54, 1.807) is 7.05 Å². The highest BCUT2D eigenvalue weighted by molar-refractivity contribution is 7.92. The predicted octanol–water partition coefficient (Wildman–Crippen LogP) is 2.94. The van der Waals surface area contributed by atoms with Gasteiger partial charge in [0.15, 0.2) is 10.8 Å². The zero-order valence-corrected chi connectivity index (χ0v) is 19.3. The first-order chi connectivity index (χ1) is 14.4. The third-order valence-corrected chi connectivity index (χ3v) is 7.08. The smallest absolute Gasteiger partial charge is 0.271 e. The average molecular weight is 450 g/mol. The number of carbonyl (C=O) groups excluding carboxylic acids is 2. The molecule has 1 aliphatic heterocycles. The minimum absolute atomic E-state index is 0.0181. The number of Topliss-reactive ketones (excluding diaryl/α,β-unsaturated/α-hetero) is 1. The zero-order chi connectivity index (χ0) is 23.1. The van der Waals surface area contributed by atoms with Crippen molar-refractivity contribution in [3.8, 4) is 0 Å². The Bertz CT molecular complexity index is 1110. The summed E-state index contributed by atoms with van der Waals surface area (Å²) >= 11 is 0. The average Bonchev–Trinajstić information content (AvgIpc) is 3.11. The molecule has 0 atom stereocenters. The fraction of sp³-hybridized carbons (Fsp3) is 0.500. The van der Waals surface area contributed by atoms with E-state index in [2.05, 4.69) is 5.10 Å². The first kappa shape index (κ1) is 23.1. The Morgan fingerprint density at radius 1 is 1.10 bits per heavy atom. The van der Waals surface area contributed by atoms with Crippen LogP contribution in [0.25, 0.3) is 0 Å². The molecule has 0 saturated carbocycles.